The van der Waals surface area contributed by atoms with E-state index in [1.165, 1.54) is 0 Å². The van der Waals surface area contributed by atoms with Gasteiger partial charge in [0.1, 0.15) is 17.3 Å². The first-order valence-corrected chi connectivity index (χ1v) is 10.4. The lowest BCUT2D eigenvalue weighted by atomic mass is 10.1. The molecule has 10 heteroatoms. The number of rotatable bonds is 6. The lowest BCUT2D eigenvalue weighted by Crippen LogP contribution is -2.22. The quantitative estimate of drug-likeness (QED) is 0.347. The summed E-state index contributed by atoms with van der Waals surface area (Å²) in [5.74, 6) is 0.977. The summed E-state index contributed by atoms with van der Waals surface area (Å²) in [4.78, 5) is 28.1. The van der Waals surface area contributed by atoms with Crippen LogP contribution >= 0.6 is 11.6 Å². The smallest absolute Gasteiger partial charge is 0.326 e. The molecule has 3 heterocycles. The SMILES string of the molecule is C[C@H](Nc1cc(NC2CC2)n2ncc(C=C3NC(=O)NC3=O)c2n1)c1cccc(Cl)c1. The summed E-state index contributed by atoms with van der Waals surface area (Å²) in [6, 6.07) is 9.41. The van der Waals surface area contributed by atoms with Gasteiger partial charge >= 0.3 is 6.03 Å². The maximum Gasteiger partial charge on any atom is 0.326 e. The molecule has 1 aliphatic heterocycles. The number of hydrogen-bond donors (Lipinski definition) is 4. The summed E-state index contributed by atoms with van der Waals surface area (Å²) < 4.78 is 1.70. The molecule has 0 bridgehead atoms. The second-order valence-electron chi connectivity index (χ2n) is 7.67. The van der Waals surface area contributed by atoms with Gasteiger partial charge in [-0.25, -0.2) is 9.78 Å². The van der Waals surface area contributed by atoms with Crippen LogP contribution in [0.2, 0.25) is 5.02 Å². The van der Waals surface area contributed by atoms with Crippen LogP contribution in [0.25, 0.3) is 11.7 Å². The third-order valence-corrected chi connectivity index (χ3v) is 5.40. The predicted octanol–water partition coefficient (Wildman–Crippen LogP) is 3.31. The molecular formula is C21H20ClN7O2. The number of carbonyl (C=O) groups is 2. The van der Waals surface area contributed by atoms with E-state index in [1.54, 1.807) is 16.8 Å². The molecule has 1 saturated carbocycles. The van der Waals surface area contributed by atoms with Crippen LogP contribution in [0.3, 0.4) is 0 Å². The van der Waals surface area contributed by atoms with Crippen LogP contribution < -0.4 is 21.3 Å². The molecular weight excluding hydrogens is 418 g/mol. The average Bonchev–Trinajstić information content (AvgIpc) is 3.37. The molecule has 2 aliphatic rings. The Morgan fingerprint density at radius 3 is 2.81 bits per heavy atom. The highest BCUT2D eigenvalue weighted by Crippen LogP contribution is 2.29. The minimum absolute atomic E-state index is 0.0351. The zero-order chi connectivity index (χ0) is 21.5. The fourth-order valence-electron chi connectivity index (χ4n) is 3.41. The number of benzene rings is 1. The van der Waals surface area contributed by atoms with Crippen molar-refractivity contribution in [3.05, 3.63) is 58.4 Å². The summed E-state index contributed by atoms with van der Waals surface area (Å²) in [7, 11) is 0. The van der Waals surface area contributed by atoms with Crippen LogP contribution in [0.5, 0.6) is 0 Å². The third-order valence-electron chi connectivity index (χ3n) is 5.16. The van der Waals surface area contributed by atoms with Gasteiger partial charge in [0.15, 0.2) is 5.65 Å². The van der Waals surface area contributed by atoms with Gasteiger partial charge in [-0.2, -0.15) is 9.61 Å². The second-order valence-corrected chi connectivity index (χ2v) is 8.10. The van der Waals surface area contributed by atoms with E-state index >= 15 is 0 Å². The monoisotopic (exact) mass is 437 g/mol. The zero-order valence-corrected chi connectivity index (χ0v) is 17.4. The number of aromatic nitrogens is 3. The molecule has 0 spiro atoms. The lowest BCUT2D eigenvalue weighted by Gasteiger charge is -2.17. The Morgan fingerprint density at radius 2 is 2.10 bits per heavy atom. The van der Waals surface area contributed by atoms with E-state index in [0.717, 1.165) is 24.2 Å². The zero-order valence-electron chi connectivity index (χ0n) is 16.6. The van der Waals surface area contributed by atoms with Gasteiger partial charge in [0, 0.05) is 28.7 Å². The Kier molecular flexibility index (Phi) is 4.74. The number of amides is 3. The maximum absolute atomic E-state index is 11.9. The van der Waals surface area contributed by atoms with Crippen molar-refractivity contribution in [2.24, 2.45) is 0 Å². The molecule has 0 unspecified atom stereocenters. The van der Waals surface area contributed by atoms with E-state index in [9.17, 15) is 9.59 Å². The van der Waals surface area contributed by atoms with E-state index in [1.807, 2.05) is 37.3 Å². The highest BCUT2D eigenvalue weighted by Gasteiger charge is 2.25. The number of nitrogens with zero attached hydrogens (tertiary/aromatic N) is 3. The van der Waals surface area contributed by atoms with Crippen molar-refractivity contribution in [1.29, 1.82) is 0 Å². The standard InChI is InChI=1S/C21H20ClN7O2/c1-11(12-3-2-4-14(22)7-12)24-17-9-18(25-15-5-6-15)29-19(27-17)13(10-23-29)8-16-20(30)28-21(31)26-16/h2-4,7-11,15,25H,5-6H2,1H3,(H,24,27)(H2,26,28,30,31)/t11-/m0/s1. The Bertz CT molecular complexity index is 1230. The van der Waals surface area contributed by atoms with Crippen molar-refractivity contribution < 1.29 is 9.59 Å². The predicted molar refractivity (Wildman–Crippen MR) is 118 cm³/mol. The van der Waals surface area contributed by atoms with E-state index in [-0.39, 0.29) is 11.7 Å². The van der Waals surface area contributed by atoms with Gasteiger partial charge in [-0.05, 0) is 43.5 Å². The van der Waals surface area contributed by atoms with Crippen molar-refractivity contribution in [2.45, 2.75) is 31.8 Å². The van der Waals surface area contributed by atoms with E-state index < -0.39 is 11.9 Å². The normalized spacial score (nSPS) is 18.2. The molecule has 1 atom stereocenters. The number of anilines is 2. The highest BCUT2D eigenvalue weighted by atomic mass is 35.5. The van der Waals surface area contributed by atoms with Gasteiger partial charge in [0.25, 0.3) is 5.91 Å². The Balaban J connectivity index is 1.53. The number of halogens is 1. The minimum atomic E-state index is -0.547. The first-order valence-electron chi connectivity index (χ1n) is 9.97. The molecule has 2 fully saturated rings. The van der Waals surface area contributed by atoms with Crippen molar-refractivity contribution in [1.82, 2.24) is 25.2 Å². The first-order chi connectivity index (χ1) is 15.0. The van der Waals surface area contributed by atoms with Crippen molar-refractivity contribution in [3.8, 4) is 0 Å². The van der Waals surface area contributed by atoms with Crippen LogP contribution in [0.1, 0.15) is 36.9 Å². The molecule has 0 radical (unpaired) electrons. The largest absolute Gasteiger partial charge is 0.367 e. The van der Waals surface area contributed by atoms with Crippen LogP contribution in [0.15, 0.2) is 42.2 Å². The number of nitrogens with one attached hydrogen (secondary N) is 4. The van der Waals surface area contributed by atoms with E-state index in [2.05, 4.69) is 26.4 Å². The van der Waals surface area contributed by atoms with Crippen LogP contribution in [0.4, 0.5) is 16.4 Å². The topological polar surface area (TPSA) is 112 Å². The molecule has 158 valence electrons. The van der Waals surface area contributed by atoms with Gasteiger partial charge in [-0.1, -0.05) is 23.7 Å². The number of carbonyl (C=O) groups excluding carboxylic acids is 2. The fourth-order valence-corrected chi connectivity index (χ4v) is 3.61. The molecule has 3 amide bonds. The summed E-state index contributed by atoms with van der Waals surface area (Å²) in [5, 5.41) is 16.7. The van der Waals surface area contributed by atoms with Gasteiger partial charge in [-0.3, -0.25) is 10.1 Å². The summed E-state index contributed by atoms with van der Waals surface area (Å²) in [6.45, 7) is 2.03. The van der Waals surface area contributed by atoms with Gasteiger partial charge < -0.3 is 16.0 Å². The van der Waals surface area contributed by atoms with Crippen LogP contribution in [-0.2, 0) is 4.79 Å². The average molecular weight is 438 g/mol. The number of hydrogen-bond acceptors (Lipinski definition) is 6. The maximum atomic E-state index is 11.9. The molecule has 1 aliphatic carbocycles. The highest BCUT2D eigenvalue weighted by molar-refractivity contribution is 6.30. The Hall–Kier alpha value is -3.59. The van der Waals surface area contributed by atoms with Crippen LogP contribution in [0, 0.1) is 0 Å². The molecule has 9 nitrogen and oxygen atoms in total. The molecule has 1 saturated heterocycles. The lowest BCUT2D eigenvalue weighted by molar-refractivity contribution is -0.115. The van der Waals surface area contributed by atoms with Crippen molar-refractivity contribution in [3.63, 3.8) is 0 Å². The fraction of sp³-hybridized carbons (Fsp3) is 0.238. The second kappa shape index (κ2) is 7.59. The van der Waals surface area contributed by atoms with Gasteiger partial charge in [0.2, 0.25) is 0 Å². The Morgan fingerprint density at radius 1 is 1.26 bits per heavy atom. The molecule has 5 rings (SSSR count). The van der Waals surface area contributed by atoms with Gasteiger partial charge in [-0.15, -0.1) is 0 Å². The van der Waals surface area contributed by atoms with Gasteiger partial charge in [0.05, 0.1) is 6.20 Å². The molecule has 4 N–H and O–H groups in total. The molecule has 1 aromatic carbocycles. The first kappa shape index (κ1) is 19.4. The summed E-state index contributed by atoms with van der Waals surface area (Å²) >= 11 is 6.13. The molecule has 3 aromatic rings. The summed E-state index contributed by atoms with van der Waals surface area (Å²) in [6.07, 6.45) is 5.40. The molecule has 2 aromatic heterocycles. The number of fused-ring (bicyclic) bond motifs is 1. The number of urea groups is 1. The van der Waals surface area contributed by atoms with Crippen molar-refractivity contribution in [2.75, 3.05) is 10.6 Å². The minimum Gasteiger partial charge on any atom is -0.367 e. The van der Waals surface area contributed by atoms with E-state index in [0.29, 0.717) is 28.1 Å². The number of imide groups is 1. The van der Waals surface area contributed by atoms with Crippen molar-refractivity contribution >= 4 is 46.9 Å². The van der Waals surface area contributed by atoms with Crippen LogP contribution in [-0.4, -0.2) is 32.6 Å². The van der Waals surface area contributed by atoms with E-state index in [4.69, 9.17) is 16.6 Å². The summed E-state index contributed by atoms with van der Waals surface area (Å²) in [5.41, 5.74) is 2.37. The Labute approximate surface area is 182 Å². The third kappa shape index (κ3) is 4.04. The molecule has 31 heavy (non-hydrogen) atoms.